The Bertz CT molecular complexity index is 516. The van der Waals surface area contributed by atoms with E-state index in [-0.39, 0.29) is 5.84 Å². The third-order valence-corrected chi connectivity index (χ3v) is 3.25. The maximum absolute atomic E-state index is 12.0. The molecule has 21 heavy (non-hydrogen) atoms. The molecule has 0 amide bonds. The standard InChI is InChI=1S/C14H18ClN3O3/c1-2-21-14(19)13(18-7-9-20-10-8-18)17-16-12-6-4-3-5-11(12)15/h3-6,16H,2,7-10H2,1H3/b17-13-. The van der Waals surface area contributed by atoms with Crippen molar-refractivity contribution in [2.75, 3.05) is 38.3 Å². The number of hydrogen-bond donors (Lipinski definition) is 1. The van der Waals surface area contributed by atoms with Crippen molar-refractivity contribution in [2.24, 2.45) is 5.10 Å². The summed E-state index contributed by atoms with van der Waals surface area (Å²) in [5.41, 5.74) is 3.46. The highest BCUT2D eigenvalue weighted by Gasteiger charge is 2.23. The summed E-state index contributed by atoms with van der Waals surface area (Å²) in [6, 6.07) is 7.19. The Morgan fingerprint density at radius 1 is 1.43 bits per heavy atom. The number of amidine groups is 1. The van der Waals surface area contributed by atoms with Crippen LogP contribution in [-0.2, 0) is 14.3 Å². The number of nitrogens with zero attached hydrogens (tertiary/aromatic N) is 2. The molecule has 0 aliphatic carbocycles. The fourth-order valence-corrected chi connectivity index (χ4v) is 2.06. The predicted octanol–water partition coefficient (Wildman–Crippen LogP) is 1.96. The smallest absolute Gasteiger partial charge is 0.375 e. The molecule has 0 bridgehead atoms. The predicted molar refractivity (Wildman–Crippen MR) is 81.5 cm³/mol. The Hall–Kier alpha value is -1.79. The largest absolute Gasteiger partial charge is 0.460 e. The summed E-state index contributed by atoms with van der Waals surface area (Å²) in [6.07, 6.45) is 0. The van der Waals surface area contributed by atoms with Crippen LogP contribution in [0.1, 0.15) is 6.92 Å². The Balaban J connectivity index is 2.15. The number of rotatable bonds is 3. The molecular formula is C14H18ClN3O3. The summed E-state index contributed by atoms with van der Waals surface area (Å²) < 4.78 is 10.3. The molecule has 114 valence electrons. The lowest BCUT2D eigenvalue weighted by molar-refractivity contribution is -0.136. The quantitative estimate of drug-likeness (QED) is 0.400. The van der Waals surface area contributed by atoms with E-state index in [0.29, 0.717) is 43.6 Å². The molecule has 1 N–H and O–H groups in total. The number of hydrogen-bond acceptors (Lipinski definition) is 5. The minimum absolute atomic E-state index is 0.236. The lowest BCUT2D eigenvalue weighted by Crippen LogP contribution is -2.45. The van der Waals surface area contributed by atoms with Crippen LogP contribution in [0.5, 0.6) is 0 Å². The molecule has 0 spiro atoms. The second-order valence-corrected chi connectivity index (χ2v) is 4.75. The van der Waals surface area contributed by atoms with Gasteiger partial charge in [-0.3, -0.25) is 5.43 Å². The maximum atomic E-state index is 12.0. The molecule has 1 aromatic carbocycles. The van der Waals surface area contributed by atoms with E-state index in [9.17, 15) is 4.79 Å². The van der Waals surface area contributed by atoms with Crippen LogP contribution in [0.4, 0.5) is 5.69 Å². The zero-order valence-electron chi connectivity index (χ0n) is 11.8. The van der Waals surface area contributed by atoms with Crippen LogP contribution < -0.4 is 5.43 Å². The third-order valence-electron chi connectivity index (χ3n) is 2.92. The van der Waals surface area contributed by atoms with Gasteiger partial charge in [-0.05, 0) is 19.1 Å². The molecular weight excluding hydrogens is 294 g/mol. The van der Waals surface area contributed by atoms with Crippen molar-refractivity contribution in [3.63, 3.8) is 0 Å². The average molecular weight is 312 g/mol. The fourth-order valence-electron chi connectivity index (χ4n) is 1.88. The van der Waals surface area contributed by atoms with Crippen molar-refractivity contribution >= 4 is 29.1 Å². The summed E-state index contributed by atoms with van der Waals surface area (Å²) >= 11 is 6.05. The first-order chi connectivity index (χ1) is 10.2. The number of benzene rings is 1. The number of halogens is 1. The van der Waals surface area contributed by atoms with E-state index >= 15 is 0 Å². The topological polar surface area (TPSA) is 63.2 Å². The fraction of sp³-hybridized carbons (Fsp3) is 0.429. The van der Waals surface area contributed by atoms with E-state index in [1.165, 1.54) is 0 Å². The summed E-state index contributed by atoms with van der Waals surface area (Å²) in [7, 11) is 0. The number of hydrazone groups is 1. The van der Waals surface area contributed by atoms with Gasteiger partial charge >= 0.3 is 5.97 Å². The van der Waals surface area contributed by atoms with Gasteiger partial charge in [0.15, 0.2) is 0 Å². The van der Waals surface area contributed by atoms with E-state index < -0.39 is 5.97 Å². The molecule has 1 heterocycles. The lowest BCUT2D eigenvalue weighted by Gasteiger charge is -2.28. The Morgan fingerprint density at radius 2 is 2.14 bits per heavy atom. The zero-order valence-corrected chi connectivity index (χ0v) is 12.6. The van der Waals surface area contributed by atoms with Gasteiger partial charge in [0.2, 0.25) is 5.84 Å². The second kappa shape index (κ2) is 7.85. The Labute approximate surface area is 128 Å². The summed E-state index contributed by atoms with van der Waals surface area (Å²) in [5, 5.41) is 4.71. The van der Waals surface area contributed by atoms with Gasteiger partial charge in [0, 0.05) is 13.1 Å². The number of esters is 1. The highest BCUT2D eigenvalue weighted by Crippen LogP contribution is 2.20. The van der Waals surface area contributed by atoms with Crippen LogP contribution >= 0.6 is 11.6 Å². The van der Waals surface area contributed by atoms with E-state index in [2.05, 4.69) is 10.5 Å². The summed E-state index contributed by atoms with van der Waals surface area (Å²) in [6.45, 7) is 4.38. The minimum atomic E-state index is -0.459. The van der Waals surface area contributed by atoms with Gasteiger partial charge in [0.05, 0.1) is 30.5 Å². The van der Waals surface area contributed by atoms with Gasteiger partial charge in [-0.1, -0.05) is 23.7 Å². The van der Waals surface area contributed by atoms with Gasteiger partial charge in [-0.25, -0.2) is 4.79 Å². The molecule has 1 aliphatic rings. The van der Waals surface area contributed by atoms with E-state index in [1.54, 1.807) is 19.1 Å². The molecule has 0 radical (unpaired) electrons. The zero-order chi connectivity index (χ0) is 15.1. The van der Waals surface area contributed by atoms with E-state index in [4.69, 9.17) is 21.1 Å². The average Bonchev–Trinajstić information content (AvgIpc) is 2.50. The first kappa shape index (κ1) is 15.6. The van der Waals surface area contributed by atoms with E-state index in [0.717, 1.165) is 0 Å². The van der Waals surface area contributed by atoms with Crippen LogP contribution in [0.3, 0.4) is 0 Å². The van der Waals surface area contributed by atoms with Crippen molar-refractivity contribution in [1.82, 2.24) is 4.90 Å². The molecule has 1 fully saturated rings. The third kappa shape index (κ3) is 4.34. The van der Waals surface area contributed by atoms with Crippen molar-refractivity contribution in [3.8, 4) is 0 Å². The maximum Gasteiger partial charge on any atom is 0.375 e. The number of anilines is 1. The number of nitrogens with one attached hydrogen (secondary N) is 1. The number of ether oxygens (including phenoxy) is 2. The van der Waals surface area contributed by atoms with Crippen LogP contribution in [0.15, 0.2) is 29.4 Å². The lowest BCUT2D eigenvalue weighted by atomic mass is 10.3. The number of carbonyl (C=O) groups excluding carboxylic acids is 1. The molecule has 1 aromatic rings. The van der Waals surface area contributed by atoms with Crippen LogP contribution in [0.2, 0.25) is 5.02 Å². The van der Waals surface area contributed by atoms with Crippen molar-refractivity contribution in [1.29, 1.82) is 0 Å². The normalized spacial score (nSPS) is 15.7. The number of para-hydroxylation sites is 1. The van der Waals surface area contributed by atoms with Gasteiger partial charge < -0.3 is 14.4 Å². The molecule has 0 aromatic heterocycles. The Kier molecular flexibility index (Phi) is 5.83. The van der Waals surface area contributed by atoms with Gasteiger partial charge in [-0.15, -0.1) is 5.10 Å². The number of morpholine rings is 1. The monoisotopic (exact) mass is 311 g/mol. The second-order valence-electron chi connectivity index (χ2n) is 4.35. The molecule has 0 unspecified atom stereocenters. The molecule has 0 saturated carbocycles. The summed E-state index contributed by atoms with van der Waals surface area (Å²) in [4.78, 5) is 13.9. The highest BCUT2D eigenvalue weighted by atomic mass is 35.5. The molecule has 1 aliphatic heterocycles. The van der Waals surface area contributed by atoms with Gasteiger partial charge in [0.1, 0.15) is 0 Å². The molecule has 6 nitrogen and oxygen atoms in total. The van der Waals surface area contributed by atoms with Crippen molar-refractivity contribution in [2.45, 2.75) is 6.92 Å². The molecule has 0 atom stereocenters. The highest BCUT2D eigenvalue weighted by molar-refractivity contribution is 6.35. The molecule has 1 saturated heterocycles. The molecule has 7 heteroatoms. The minimum Gasteiger partial charge on any atom is -0.460 e. The van der Waals surface area contributed by atoms with Crippen molar-refractivity contribution < 1.29 is 14.3 Å². The first-order valence-corrected chi connectivity index (χ1v) is 7.18. The molecule has 2 rings (SSSR count). The Morgan fingerprint density at radius 3 is 2.81 bits per heavy atom. The van der Waals surface area contributed by atoms with Crippen LogP contribution in [0.25, 0.3) is 0 Å². The van der Waals surface area contributed by atoms with Gasteiger partial charge in [-0.2, -0.15) is 0 Å². The SMILES string of the molecule is CCOC(=O)/C(=N/Nc1ccccc1Cl)N1CCOCC1. The number of carbonyl (C=O) groups is 1. The van der Waals surface area contributed by atoms with Gasteiger partial charge in [0.25, 0.3) is 0 Å². The van der Waals surface area contributed by atoms with Crippen LogP contribution in [-0.4, -0.2) is 49.6 Å². The van der Waals surface area contributed by atoms with Crippen LogP contribution in [0, 0.1) is 0 Å². The first-order valence-electron chi connectivity index (χ1n) is 6.80. The van der Waals surface area contributed by atoms with Crippen molar-refractivity contribution in [3.05, 3.63) is 29.3 Å². The van der Waals surface area contributed by atoms with E-state index in [1.807, 2.05) is 17.0 Å². The summed E-state index contributed by atoms with van der Waals surface area (Å²) in [5.74, 6) is -0.223.